The number of carboxylic acids is 1. The number of amides is 3. The van der Waals surface area contributed by atoms with E-state index < -0.39 is 23.5 Å². The molecule has 3 amide bonds. The van der Waals surface area contributed by atoms with Crippen molar-refractivity contribution in [3.63, 3.8) is 0 Å². The largest absolute Gasteiger partial charge is 0.480 e. The Kier molecular flexibility index (Phi) is 5.66. The maximum atomic E-state index is 11.5. The van der Waals surface area contributed by atoms with Crippen LogP contribution in [0.3, 0.4) is 0 Å². The van der Waals surface area contributed by atoms with Gasteiger partial charge in [-0.1, -0.05) is 6.08 Å². The lowest BCUT2D eigenvalue weighted by Crippen LogP contribution is -2.63. The first-order chi connectivity index (χ1) is 9.34. The van der Waals surface area contributed by atoms with Crippen LogP contribution in [-0.2, 0) is 14.3 Å². The van der Waals surface area contributed by atoms with Gasteiger partial charge in [-0.15, -0.1) is 6.58 Å². The molecule has 0 radical (unpaired) electrons. The van der Waals surface area contributed by atoms with E-state index in [0.717, 1.165) is 0 Å². The molecule has 0 spiro atoms. The summed E-state index contributed by atoms with van der Waals surface area (Å²) in [5, 5.41) is 13.1. The minimum absolute atomic E-state index is 0.0630. The van der Waals surface area contributed by atoms with Crippen molar-refractivity contribution < 1.29 is 24.2 Å². The molecule has 0 aliphatic carbocycles. The Morgan fingerprint density at radius 2 is 2.10 bits per heavy atom. The van der Waals surface area contributed by atoms with Gasteiger partial charge in [0.1, 0.15) is 6.61 Å². The number of carboxylic acid groups (broad SMARTS) is 1. The van der Waals surface area contributed by atoms with Crippen molar-refractivity contribution in [1.82, 2.24) is 15.5 Å². The summed E-state index contributed by atoms with van der Waals surface area (Å²) >= 11 is 0. The van der Waals surface area contributed by atoms with Gasteiger partial charge in [-0.3, -0.25) is 15.0 Å². The molecule has 20 heavy (non-hydrogen) atoms. The highest BCUT2D eigenvalue weighted by atomic mass is 16.5. The zero-order valence-corrected chi connectivity index (χ0v) is 11.3. The molecule has 8 nitrogen and oxygen atoms in total. The first-order valence-electron chi connectivity index (χ1n) is 6.11. The van der Waals surface area contributed by atoms with Gasteiger partial charge in [-0.05, 0) is 6.92 Å². The zero-order chi connectivity index (χ0) is 15.2. The number of hydrogen-bond donors (Lipinski definition) is 3. The number of hydrogen-bond acceptors (Lipinski definition) is 5. The van der Waals surface area contributed by atoms with E-state index >= 15 is 0 Å². The van der Waals surface area contributed by atoms with E-state index in [1.54, 1.807) is 11.8 Å². The highest BCUT2D eigenvalue weighted by Crippen LogP contribution is 2.23. The van der Waals surface area contributed by atoms with E-state index in [2.05, 4.69) is 17.2 Å². The van der Waals surface area contributed by atoms with Gasteiger partial charge in [-0.2, -0.15) is 0 Å². The average molecular weight is 285 g/mol. The second-order valence-corrected chi connectivity index (χ2v) is 4.82. The lowest BCUT2D eigenvalue weighted by Gasteiger charge is -2.46. The summed E-state index contributed by atoms with van der Waals surface area (Å²) in [6.07, 6.45) is 1.50. The van der Waals surface area contributed by atoms with Gasteiger partial charge in [0, 0.05) is 19.6 Å². The third kappa shape index (κ3) is 5.37. The monoisotopic (exact) mass is 285 g/mol. The van der Waals surface area contributed by atoms with Crippen molar-refractivity contribution in [2.75, 3.05) is 32.8 Å². The topological polar surface area (TPSA) is 108 Å². The molecule has 1 aliphatic heterocycles. The lowest BCUT2D eigenvalue weighted by molar-refractivity contribution is -0.166. The van der Waals surface area contributed by atoms with E-state index in [1.165, 1.54) is 6.08 Å². The molecule has 0 bridgehead atoms. The molecule has 1 fully saturated rings. The molecule has 0 unspecified atom stereocenters. The molecule has 0 aromatic carbocycles. The Morgan fingerprint density at radius 1 is 1.45 bits per heavy atom. The second-order valence-electron chi connectivity index (χ2n) is 4.82. The zero-order valence-electron chi connectivity index (χ0n) is 11.3. The van der Waals surface area contributed by atoms with Crippen molar-refractivity contribution in [1.29, 1.82) is 0 Å². The average Bonchev–Trinajstić information content (AvgIpc) is 2.31. The van der Waals surface area contributed by atoms with E-state index in [-0.39, 0.29) is 19.7 Å². The van der Waals surface area contributed by atoms with E-state index in [1.807, 2.05) is 0 Å². The summed E-state index contributed by atoms with van der Waals surface area (Å²) in [6, 6.07) is -0.569. The normalized spacial score (nSPS) is 16.9. The number of carbonyl (C=O) groups excluding carboxylic acids is 2. The van der Waals surface area contributed by atoms with Gasteiger partial charge in [0.25, 0.3) is 0 Å². The third-order valence-corrected chi connectivity index (χ3v) is 2.69. The Labute approximate surface area is 116 Å². The maximum absolute atomic E-state index is 11.5. The Hall–Kier alpha value is -1.93. The first-order valence-corrected chi connectivity index (χ1v) is 6.11. The number of nitrogens with zero attached hydrogens (tertiary/aromatic N) is 1. The molecule has 1 heterocycles. The molecule has 0 aromatic heterocycles. The number of likely N-dealkylation sites (tertiary alicyclic amines) is 1. The number of rotatable bonds is 7. The van der Waals surface area contributed by atoms with Crippen LogP contribution in [-0.4, -0.2) is 66.3 Å². The SMILES string of the molecule is C=CCNC(=O)NC(=O)CN1CC(C)(OCC(=O)O)C1. The highest BCUT2D eigenvalue weighted by Gasteiger charge is 2.40. The van der Waals surface area contributed by atoms with Gasteiger partial charge in [-0.25, -0.2) is 9.59 Å². The van der Waals surface area contributed by atoms with Crippen LogP contribution in [0, 0.1) is 0 Å². The van der Waals surface area contributed by atoms with Crippen LogP contribution in [0.5, 0.6) is 0 Å². The summed E-state index contributed by atoms with van der Waals surface area (Å²) in [7, 11) is 0. The predicted octanol–water partition coefficient (Wildman–Crippen LogP) is -0.826. The van der Waals surface area contributed by atoms with Crippen molar-refractivity contribution in [3.05, 3.63) is 12.7 Å². The van der Waals surface area contributed by atoms with Crippen LogP contribution in [0.1, 0.15) is 6.92 Å². The van der Waals surface area contributed by atoms with Crippen LogP contribution in [0.15, 0.2) is 12.7 Å². The molecular weight excluding hydrogens is 266 g/mol. The van der Waals surface area contributed by atoms with Crippen LogP contribution in [0.2, 0.25) is 0 Å². The standard InChI is InChI=1S/C12H19N3O5/c1-3-4-13-11(19)14-9(16)5-15-7-12(2,8-15)20-6-10(17)18/h3H,1,4-8H2,2H3,(H,17,18)(H2,13,14,16,19). The Morgan fingerprint density at radius 3 is 2.65 bits per heavy atom. The molecule has 0 atom stereocenters. The molecule has 0 aromatic rings. The number of aliphatic carboxylic acids is 1. The van der Waals surface area contributed by atoms with Crippen LogP contribution < -0.4 is 10.6 Å². The fourth-order valence-electron chi connectivity index (χ4n) is 1.92. The number of nitrogens with one attached hydrogen (secondary N) is 2. The molecule has 112 valence electrons. The highest BCUT2D eigenvalue weighted by molar-refractivity contribution is 5.95. The molecule has 1 rings (SSSR count). The molecule has 0 saturated carbocycles. The summed E-state index contributed by atoms with van der Waals surface area (Å²) in [6.45, 7) is 6.09. The van der Waals surface area contributed by atoms with Gasteiger partial charge in [0.05, 0.1) is 12.1 Å². The van der Waals surface area contributed by atoms with Gasteiger partial charge in [0.15, 0.2) is 0 Å². The van der Waals surface area contributed by atoms with E-state index in [4.69, 9.17) is 9.84 Å². The summed E-state index contributed by atoms with van der Waals surface area (Å²) in [5.41, 5.74) is -0.552. The van der Waals surface area contributed by atoms with Crippen molar-refractivity contribution >= 4 is 17.9 Å². The minimum Gasteiger partial charge on any atom is -0.480 e. The fourth-order valence-corrected chi connectivity index (χ4v) is 1.92. The summed E-state index contributed by atoms with van der Waals surface area (Å²) < 4.78 is 5.21. The number of carbonyl (C=O) groups is 3. The van der Waals surface area contributed by atoms with Gasteiger partial charge >= 0.3 is 12.0 Å². The second kappa shape index (κ2) is 7.01. The lowest BCUT2D eigenvalue weighted by atomic mass is 9.96. The molecule has 1 aliphatic rings. The predicted molar refractivity (Wildman–Crippen MR) is 70.2 cm³/mol. The Balaban J connectivity index is 2.21. The van der Waals surface area contributed by atoms with E-state index in [0.29, 0.717) is 13.1 Å². The van der Waals surface area contributed by atoms with Crippen molar-refractivity contribution in [2.45, 2.75) is 12.5 Å². The number of ether oxygens (including phenoxy) is 1. The van der Waals surface area contributed by atoms with Gasteiger partial charge in [0.2, 0.25) is 5.91 Å². The summed E-state index contributed by atoms with van der Waals surface area (Å²) in [4.78, 5) is 34.9. The molecular formula is C12H19N3O5. The van der Waals surface area contributed by atoms with Crippen molar-refractivity contribution in [3.8, 4) is 0 Å². The number of imide groups is 1. The Bertz CT molecular complexity index is 404. The third-order valence-electron chi connectivity index (χ3n) is 2.69. The van der Waals surface area contributed by atoms with Gasteiger partial charge < -0.3 is 15.2 Å². The smallest absolute Gasteiger partial charge is 0.329 e. The molecule has 1 saturated heterocycles. The fraction of sp³-hybridized carbons (Fsp3) is 0.583. The summed E-state index contributed by atoms with van der Waals surface area (Å²) in [5.74, 6) is -1.45. The quantitative estimate of drug-likeness (QED) is 0.527. The van der Waals surface area contributed by atoms with Crippen LogP contribution >= 0.6 is 0 Å². The van der Waals surface area contributed by atoms with Crippen LogP contribution in [0.4, 0.5) is 4.79 Å². The number of urea groups is 1. The van der Waals surface area contributed by atoms with E-state index in [9.17, 15) is 14.4 Å². The van der Waals surface area contributed by atoms with Crippen molar-refractivity contribution in [2.24, 2.45) is 0 Å². The van der Waals surface area contributed by atoms with Crippen LogP contribution in [0.25, 0.3) is 0 Å². The minimum atomic E-state index is -1.03. The molecule has 8 heteroatoms. The maximum Gasteiger partial charge on any atom is 0.329 e. The first kappa shape index (κ1) is 16.1. The molecule has 3 N–H and O–H groups in total.